The van der Waals surface area contributed by atoms with Gasteiger partial charge in [0, 0.05) is 5.69 Å². The summed E-state index contributed by atoms with van der Waals surface area (Å²) in [6.07, 6.45) is 0.609. The quantitative estimate of drug-likeness (QED) is 0.920. The van der Waals surface area contributed by atoms with Crippen molar-refractivity contribution in [2.24, 2.45) is 0 Å². The van der Waals surface area contributed by atoms with Gasteiger partial charge in [0.25, 0.3) is 0 Å². The first kappa shape index (κ1) is 14.6. The molecule has 1 aromatic rings. The summed E-state index contributed by atoms with van der Waals surface area (Å²) in [5.41, 5.74) is 2.02. The van der Waals surface area contributed by atoms with Crippen LogP contribution in [0.4, 0.5) is 5.69 Å². The summed E-state index contributed by atoms with van der Waals surface area (Å²) in [6.45, 7) is 7.92. The van der Waals surface area contributed by atoms with Crippen LogP contribution in [0.5, 0.6) is 0 Å². The van der Waals surface area contributed by atoms with Crippen LogP contribution in [0.25, 0.3) is 0 Å². The Hall–Kier alpha value is -1.84. The highest BCUT2D eigenvalue weighted by atomic mass is 16.2. The number of piperazine rings is 1. The molecule has 1 heterocycles. The molecule has 1 fully saturated rings. The Morgan fingerprint density at radius 2 is 1.80 bits per heavy atom. The second-order valence-electron chi connectivity index (χ2n) is 5.60. The Balaban J connectivity index is 2.32. The zero-order valence-electron chi connectivity index (χ0n) is 12.5. The van der Waals surface area contributed by atoms with Crippen LogP contribution in [0, 0.1) is 0 Å². The monoisotopic (exact) mass is 274 g/mol. The average Bonchev–Trinajstić information content (AvgIpc) is 2.43. The normalized spacial score (nSPS) is 23.1. The zero-order valence-corrected chi connectivity index (χ0v) is 12.5. The van der Waals surface area contributed by atoms with Gasteiger partial charge in [-0.05, 0) is 37.0 Å². The molecule has 4 heteroatoms. The maximum atomic E-state index is 12.4. The van der Waals surface area contributed by atoms with Gasteiger partial charge in [-0.15, -0.1) is 0 Å². The third kappa shape index (κ3) is 2.55. The number of hydrogen-bond donors (Lipinski definition) is 1. The van der Waals surface area contributed by atoms with E-state index in [1.807, 2.05) is 31.2 Å². The van der Waals surface area contributed by atoms with Gasteiger partial charge < -0.3 is 5.32 Å². The van der Waals surface area contributed by atoms with Crippen molar-refractivity contribution >= 4 is 17.5 Å². The van der Waals surface area contributed by atoms with Crippen LogP contribution >= 0.6 is 0 Å². The number of carbonyl (C=O) groups is 2. The van der Waals surface area contributed by atoms with Crippen molar-refractivity contribution in [2.75, 3.05) is 4.90 Å². The van der Waals surface area contributed by atoms with Gasteiger partial charge in [-0.2, -0.15) is 0 Å². The fourth-order valence-electron chi connectivity index (χ4n) is 2.48. The van der Waals surface area contributed by atoms with Crippen LogP contribution < -0.4 is 10.2 Å². The molecule has 1 aliphatic rings. The summed E-state index contributed by atoms with van der Waals surface area (Å²) in [5, 5.41) is 2.76. The van der Waals surface area contributed by atoms with Gasteiger partial charge >= 0.3 is 0 Å². The van der Waals surface area contributed by atoms with Crippen LogP contribution in [-0.4, -0.2) is 23.9 Å². The van der Waals surface area contributed by atoms with Gasteiger partial charge in [0.2, 0.25) is 11.8 Å². The number of nitrogens with one attached hydrogen (secondary N) is 1. The van der Waals surface area contributed by atoms with E-state index < -0.39 is 12.1 Å². The molecule has 0 saturated carbocycles. The lowest BCUT2D eigenvalue weighted by molar-refractivity contribution is -0.133. The molecule has 20 heavy (non-hydrogen) atoms. The zero-order chi connectivity index (χ0) is 14.9. The molecule has 2 atom stereocenters. The highest BCUT2D eigenvalue weighted by Gasteiger charge is 2.37. The average molecular weight is 274 g/mol. The Labute approximate surface area is 120 Å². The SMILES string of the molecule is CCC1NC(=O)C(C)N(c2ccc(C(C)C)cc2)C1=O. The molecule has 0 spiro atoms. The van der Waals surface area contributed by atoms with Crippen molar-refractivity contribution < 1.29 is 9.59 Å². The highest BCUT2D eigenvalue weighted by Crippen LogP contribution is 2.24. The number of carbonyl (C=O) groups excluding carboxylic acids is 2. The molecule has 0 aromatic heterocycles. The molecular formula is C16H22N2O2. The second kappa shape index (κ2) is 5.65. The third-order valence-electron chi connectivity index (χ3n) is 3.86. The summed E-state index contributed by atoms with van der Waals surface area (Å²) in [4.78, 5) is 26.0. The van der Waals surface area contributed by atoms with Crippen molar-refractivity contribution in [2.45, 2.75) is 52.1 Å². The molecule has 2 unspecified atom stereocenters. The summed E-state index contributed by atoms with van der Waals surface area (Å²) in [7, 11) is 0. The molecule has 1 aromatic carbocycles. The lowest BCUT2D eigenvalue weighted by Crippen LogP contribution is -2.62. The van der Waals surface area contributed by atoms with E-state index >= 15 is 0 Å². The molecule has 2 rings (SSSR count). The van der Waals surface area contributed by atoms with Gasteiger partial charge in [0.15, 0.2) is 0 Å². The molecule has 1 aliphatic heterocycles. The molecular weight excluding hydrogens is 252 g/mol. The van der Waals surface area contributed by atoms with Crippen molar-refractivity contribution in [3.63, 3.8) is 0 Å². The maximum Gasteiger partial charge on any atom is 0.250 e. The smallest absolute Gasteiger partial charge is 0.250 e. The standard InChI is InChI=1S/C16H22N2O2/c1-5-14-16(20)18(11(4)15(19)17-14)13-8-6-12(7-9-13)10(2)3/h6-11,14H,5H2,1-4H3,(H,17,19). The van der Waals surface area contributed by atoms with E-state index in [-0.39, 0.29) is 11.8 Å². The van der Waals surface area contributed by atoms with E-state index in [2.05, 4.69) is 19.2 Å². The first-order valence-electron chi connectivity index (χ1n) is 7.19. The molecule has 2 amide bonds. The Kier molecular flexibility index (Phi) is 4.12. The molecule has 0 radical (unpaired) electrons. The van der Waals surface area contributed by atoms with Crippen molar-refractivity contribution in [1.29, 1.82) is 0 Å². The minimum atomic E-state index is -0.463. The lowest BCUT2D eigenvalue weighted by Gasteiger charge is -2.37. The van der Waals surface area contributed by atoms with E-state index in [1.165, 1.54) is 5.56 Å². The number of amides is 2. The minimum Gasteiger partial charge on any atom is -0.343 e. The van der Waals surface area contributed by atoms with Gasteiger partial charge in [-0.1, -0.05) is 32.9 Å². The Bertz CT molecular complexity index is 508. The van der Waals surface area contributed by atoms with Crippen LogP contribution in [0.2, 0.25) is 0 Å². The molecule has 1 N–H and O–H groups in total. The molecule has 0 bridgehead atoms. The molecule has 4 nitrogen and oxygen atoms in total. The van der Waals surface area contributed by atoms with Gasteiger partial charge in [0.1, 0.15) is 12.1 Å². The number of anilines is 1. The van der Waals surface area contributed by atoms with Crippen LogP contribution in [0.15, 0.2) is 24.3 Å². The Morgan fingerprint density at radius 1 is 1.20 bits per heavy atom. The predicted molar refractivity (Wildman–Crippen MR) is 79.7 cm³/mol. The number of hydrogen-bond acceptors (Lipinski definition) is 2. The first-order valence-corrected chi connectivity index (χ1v) is 7.19. The largest absolute Gasteiger partial charge is 0.343 e. The van der Waals surface area contributed by atoms with Crippen molar-refractivity contribution in [1.82, 2.24) is 5.32 Å². The summed E-state index contributed by atoms with van der Waals surface area (Å²) >= 11 is 0. The van der Waals surface area contributed by atoms with Crippen molar-refractivity contribution in [3.05, 3.63) is 29.8 Å². The lowest BCUT2D eigenvalue weighted by atomic mass is 10.0. The molecule has 108 valence electrons. The van der Waals surface area contributed by atoms with E-state index in [0.717, 1.165) is 5.69 Å². The maximum absolute atomic E-state index is 12.4. The van der Waals surface area contributed by atoms with Crippen LogP contribution in [-0.2, 0) is 9.59 Å². The molecule has 0 aliphatic carbocycles. The second-order valence-corrected chi connectivity index (χ2v) is 5.60. The fourth-order valence-corrected chi connectivity index (χ4v) is 2.48. The number of benzene rings is 1. The van der Waals surface area contributed by atoms with E-state index in [0.29, 0.717) is 12.3 Å². The summed E-state index contributed by atoms with van der Waals surface area (Å²) in [6, 6.07) is 7.02. The van der Waals surface area contributed by atoms with Gasteiger partial charge in [-0.25, -0.2) is 0 Å². The third-order valence-corrected chi connectivity index (χ3v) is 3.86. The fraction of sp³-hybridized carbons (Fsp3) is 0.500. The van der Waals surface area contributed by atoms with E-state index in [1.54, 1.807) is 11.8 Å². The van der Waals surface area contributed by atoms with Crippen LogP contribution in [0.3, 0.4) is 0 Å². The van der Waals surface area contributed by atoms with E-state index in [9.17, 15) is 9.59 Å². The Morgan fingerprint density at radius 3 is 2.30 bits per heavy atom. The van der Waals surface area contributed by atoms with Crippen molar-refractivity contribution in [3.8, 4) is 0 Å². The summed E-state index contributed by atoms with van der Waals surface area (Å²) < 4.78 is 0. The number of nitrogens with zero attached hydrogens (tertiary/aromatic N) is 1. The minimum absolute atomic E-state index is 0.0307. The topological polar surface area (TPSA) is 49.4 Å². The summed E-state index contributed by atoms with van der Waals surface area (Å²) in [5.74, 6) is 0.325. The number of rotatable bonds is 3. The predicted octanol–water partition coefficient (Wildman–Crippen LogP) is 2.44. The van der Waals surface area contributed by atoms with Gasteiger partial charge in [-0.3, -0.25) is 14.5 Å². The first-order chi connectivity index (χ1) is 9.45. The van der Waals surface area contributed by atoms with E-state index in [4.69, 9.17) is 0 Å². The van der Waals surface area contributed by atoms with Crippen LogP contribution in [0.1, 0.15) is 45.6 Å². The highest BCUT2D eigenvalue weighted by molar-refractivity contribution is 6.08. The molecule has 1 saturated heterocycles. The van der Waals surface area contributed by atoms with Gasteiger partial charge in [0.05, 0.1) is 0 Å².